The van der Waals surface area contributed by atoms with E-state index in [1.54, 1.807) is 17.5 Å². The third kappa shape index (κ3) is 2.56. The van der Waals surface area contributed by atoms with Gasteiger partial charge in [-0.2, -0.15) is 11.3 Å². The number of hydrogen-bond acceptors (Lipinski definition) is 4. The van der Waals surface area contributed by atoms with Gasteiger partial charge in [0, 0.05) is 0 Å². The molecule has 0 atom stereocenters. The summed E-state index contributed by atoms with van der Waals surface area (Å²) < 4.78 is 13.9. The second kappa shape index (κ2) is 5.78. The van der Waals surface area contributed by atoms with E-state index >= 15 is 0 Å². The first-order valence-electron chi connectivity index (χ1n) is 6.26. The molecule has 110 valence electrons. The van der Waals surface area contributed by atoms with E-state index in [0.29, 0.717) is 0 Å². The molecule has 0 radical (unpaired) electrons. The summed E-state index contributed by atoms with van der Waals surface area (Å²) in [6.45, 7) is 0. The summed E-state index contributed by atoms with van der Waals surface area (Å²) in [6, 6.07) is 7.53. The second-order valence-electron chi connectivity index (χ2n) is 4.47. The molecule has 4 nitrogen and oxygen atoms in total. The number of anilines is 1. The van der Waals surface area contributed by atoms with Gasteiger partial charge in [0.15, 0.2) is 5.11 Å². The number of carbonyl (C=O) groups is 2. The van der Waals surface area contributed by atoms with E-state index in [1.807, 2.05) is 5.38 Å². The Hall–Kier alpha value is -2.38. The van der Waals surface area contributed by atoms with Crippen molar-refractivity contribution in [3.8, 4) is 0 Å². The molecule has 3 rings (SSSR count). The van der Waals surface area contributed by atoms with Gasteiger partial charge in [-0.1, -0.05) is 12.1 Å². The number of thiophene rings is 1. The summed E-state index contributed by atoms with van der Waals surface area (Å²) >= 11 is 6.45. The van der Waals surface area contributed by atoms with Crippen LogP contribution in [0.2, 0.25) is 0 Å². The molecule has 0 saturated carbocycles. The number of nitrogens with zero attached hydrogens (tertiary/aromatic N) is 1. The molecule has 1 saturated heterocycles. The van der Waals surface area contributed by atoms with Gasteiger partial charge in [0.1, 0.15) is 11.4 Å². The summed E-state index contributed by atoms with van der Waals surface area (Å²) in [5.74, 6) is -1.83. The lowest BCUT2D eigenvalue weighted by Crippen LogP contribution is -2.54. The summed E-state index contributed by atoms with van der Waals surface area (Å²) in [7, 11) is 0. The van der Waals surface area contributed by atoms with Gasteiger partial charge in [0.2, 0.25) is 0 Å². The van der Waals surface area contributed by atoms with E-state index in [1.165, 1.54) is 35.6 Å². The zero-order valence-electron chi connectivity index (χ0n) is 11.1. The van der Waals surface area contributed by atoms with Gasteiger partial charge in [0.25, 0.3) is 11.8 Å². The number of halogens is 1. The number of carbonyl (C=O) groups excluding carboxylic acids is 2. The fourth-order valence-electron chi connectivity index (χ4n) is 2.03. The highest BCUT2D eigenvalue weighted by molar-refractivity contribution is 7.80. The van der Waals surface area contributed by atoms with Gasteiger partial charge in [0.05, 0.1) is 5.69 Å². The zero-order valence-corrected chi connectivity index (χ0v) is 12.7. The van der Waals surface area contributed by atoms with Gasteiger partial charge in [-0.05, 0) is 52.8 Å². The maximum atomic E-state index is 13.9. The van der Waals surface area contributed by atoms with Crippen molar-refractivity contribution in [2.24, 2.45) is 0 Å². The number of amides is 2. The Kier molecular flexibility index (Phi) is 3.82. The molecule has 1 aliphatic heterocycles. The molecule has 2 amide bonds. The number of hydrogen-bond donors (Lipinski definition) is 1. The first-order chi connectivity index (χ1) is 10.6. The van der Waals surface area contributed by atoms with E-state index in [2.05, 4.69) is 5.32 Å². The van der Waals surface area contributed by atoms with Crippen LogP contribution in [0.1, 0.15) is 5.56 Å². The van der Waals surface area contributed by atoms with Crippen LogP contribution in [-0.2, 0) is 9.59 Å². The predicted octanol–water partition coefficient (Wildman–Crippen LogP) is 2.72. The normalized spacial score (nSPS) is 17.0. The third-order valence-electron chi connectivity index (χ3n) is 3.05. The third-order valence-corrected chi connectivity index (χ3v) is 4.04. The van der Waals surface area contributed by atoms with Crippen molar-refractivity contribution in [2.45, 2.75) is 0 Å². The smallest absolute Gasteiger partial charge is 0.270 e. The van der Waals surface area contributed by atoms with E-state index in [0.717, 1.165) is 10.5 Å². The van der Waals surface area contributed by atoms with Gasteiger partial charge in [-0.15, -0.1) is 0 Å². The summed E-state index contributed by atoms with van der Waals surface area (Å²) in [5.41, 5.74) is 0.647. The molecule has 22 heavy (non-hydrogen) atoms. The zero-order chi connectivity index (χ0) is 15.7. The van der Waals surface area contributed by atoms with Gasteiger partial charge in [-0.25, -0.2) is 9.29 Å². The van der Waals surface area contributed by atoms with Crippen molar-refractivity contribution >= 4 is 52.2 Å². The maximum absolute atomic E-state index is 13.9. The van der Waals surface area contributed by atoms with Crippen molar-refractivity contribution in [3.63, 3.8) is 0 Å². The highest BCUT2D eigenvalue weighted by Gasteiger charge is 2.35. The minimum Gasteiger partial charge on any atom is -0.298 e. The lowest BCUT2D eigenvalue weighted by Gasteiger charge is -2.29. The monoisotopic (exact) mass is 332 g/mol. The lowest BCUT2D eigenvalue weighted by atomic mass is 10.1. The Balaban J connectivity index is 2.05. The molecule has 1 aromatic heterocycles. The van der Waals surface area contributed by atoms with Gasteiger partial charge >= 0.3 is 0 Å². The molecule has 0 spiro atoms. The predicted molar refractivity (Wildman–Crippen MR) is 86.9 cm³/mol. The molecule has 1 aliphatic rings. The summed E-state index contributed by atoms with van der Waals surface area (Å²) in [4.78, 5) is 25.6. The molecule has 2 aromatic rings. The Morgan fingerprint density at radius 3 is 2.68 bits per heavy atom. The first kappa shape index (κ1) is 14.6. The van der Waals surface area contributed by atoms with Crippen LogP contribution in [0.4, 0.5) is 10.1 Å². The Morgan fingerprint density at radius 2 is 2.00 bits per heavy atom. The van der Waals surface area contributed by atoms with Crippen LogP contribution in [0.25, 0.3) is 6.08 Å². The van der Waals surface area contributed by atoms with Gasteiger partial charge in [-0.3, -0.25) is 14.9 Å². The molecular weight excluding hydrogens is 323 g/mol. The number of thiocarbonyl (C=S) groups is 1. The molecule has 0 unspecified atom stereocenters. The molecule has 2 heterocycles. The average molecular weight is 332 g/mol. The fraction of sp³-hybridized carbons (Fsp3) is 0. The fourth-order valence-corrected chi connectivity index (χ4v) is 2.93. The van der Waals surface area contributed by atoms with Crippen LogP contribution in [-0.4, -0.2) is 16.9 Å². The summed E-state index contributed by atoms with van der Waals surface area (Å²) in [5, 5.41) is 5.91. The largest absolute Gasteiger partial charge is 0.298 e. The van der Waals surface area contributed by atoms with E-state index < -0.39 is 17.6 Å². The maximum Gasteiger partial charge on any atom is 0.270 e. The van der Waals surface area contributed by atoms with Crippen LogP contribution in [0.3, 0.4) is 0 Å². The molecule has 0 aliphatic carbocycles. The molecule has 1 aromatic carbocycles. The molecule has 1 fully saturated rings. The average Bonchev–Trinajstić information content (AvgIpc) is 2.98. The van der Waals surface area contributed by atoms with Crippen LogP contribution in [0, 0.1) is 5.82 Å². The quantitative estimate of drug-likeness (QED) is 0.523. The van der Waals surface area contributed by atoms with Crippen molar-refractivity contribution in [1.29, 1.82) is 0 Å². The number of benzene rings is 1. The van der Waals surface area contributed by atoms with Crippen molar-refractivity contribution in [2.75, 3.05) is 4.90 Å². The van der Waals surface area contributed by atoms with Crippen LogP contribution in [0.5, 0.6) is 0 Å². The molecule has 7 heteroatoms. The highest BCUT2D eigenvalue weighted by Crippen LogP contribution is 2.24. The standard InChI is InChI=1S/C15H9FN2O2S2/c16-11-3-1-2-4-12(11)18-14(20)10(13(19)17-15(18)21)7-9-5-6-22-8-9/h1-8H,(H,17,19,21)/b10-7+. The molecular formula is C15H9FN2O2S2. The number of para-hydroxylation sites is 1. The Labute approximate surface area is 134 Å². The highest BCUT2D eigenvalue weighted by atomic mass is 32.1. The van der Waals surface area contributed by atoms with Crippen LogP contribution < -0.4 is 10.2 Å². The van der Waals surface area contributed by atoms with E-state index in [-0.39, 0.29) is 16.4 Å². The topological polar surface area (TPSA) is 49.4 Å². The second-order valence-corrected chi connectivity index (χ2v) is 5.63. The molecule has 1 N–H and O–H groups in total. The van der Waals surface area contributed by atoms with E-state index in [4.69, 9.17) is 12.2 Å². The van der Waals surface area contributed by atoms with Crippen molar-refractivity contribution < 1.29 is 14.0 Å². The van der Waals surface area contributed by atoms with Crippen LogP contribution >= 0.6 is 23.6 Å². The van der Waals surface area contributed by atoms with Crippen LogP contribution in [0.15, 0.2) is 46.7 Å². The molecule has 0 bridgehead atoms. The van der Waals surface area contributed by atoms with Crippen molar-refractivity contribution in [3.05, 3.63) is 58.0 Å². The Morgan fingerprint density at radius 1 is 1.23 bits per heavy atom. The lowest BCUT2D eigenvalue weighted by molar-refractivity contribution is -0.122. The Bertz CT molecular complexity index is 800. The minimum atomic E-state index is -0.648. The number of nitrogens with one attached hydrogen (secondary N) is 1. The SMILES string of the molecule is O=C1NC(=S)N(c2ccccc2F)C(=O)/C1=C/c1ccsc1. The minimum absolute atomic E-state index is 0.00807. The van der Waals surface area contributed by atoms with Gasteiger partial charge < -0.3 is 0 Å². The first-order valence-corrected chi connectivity index (χ1v) is 7.61. The van der Waals surface area contributed by atoms with E-state index in [9.17, 15) is 14.0 Å². The van der Waals surface area contributed by atoms with Crippen molar-refractivity contribution in [1.82, 2.24) is 5.32 Å². The number of rotatable bonds is 2. The summed E-state index contributed by atoms with van der Waals surface area (Å²) in [6.07, 6.45) is 1.46.